The zero-order valence-electron chi connectivity index (χ0n) is 43.4. The third kappa shape index (κ3) is 30.2. The van der Waals surface area contributed by atoms with Crippen molar-refractivity contribution in [2.24, 2.45) is 0 Å². The van der Waals surface area contributed by atoms with Gasteiger partial charge in [0.15, 0.2) is 18.7 Å². The van der Waals surface area contributed by atoms with E-state index in [1.807, 2.05) is 0 Å². The fourth-order valence-corrected chi connectivity index (χ4v) is 8.30. The molecular formula is C56H96O15. The van der Waals surface area contributed by atoms with Gasteiger partial charge in [0.25, 0.3) is 0 Å². The molecule has 15 nitrogen and oxygen atoms in total. The highest BCUT2D eigenvalue weighted by Crippen LogP contribution is 2.26. The lowest BCUT2D eigenvalue weighted by atomic mass is 9.98. The Hall–Kier alpha value is -2.80. The standard InChI is InChI=1S/C56H96O15/c1-3-5-7-9-11-13-15-17-19-21-22-23-25-27-29-31-33-35-37-39-48(59)69-44(41-66-47(58)38-36-34-32-30-28-26-24-20-18-16-14-12-10-8-6-4-2)42-67-55-54(65)52(63)50(61)46(71-55)43-68-56-53(64)51(62)49(60)45(40-57)70-56/h5,7,11,13,17,19,22-23,27,29,44-46,49-57,60-65H,3-4,6,8-10,12,14-16,18,20-21,24-26,28,30-43H2,1-2H3/b7-5+,13-11+,19-17+,23-22+,29-27+/t44-,45+,46+,49-,50-,51?,52?,53?,54?,55+,56+/m1/s1. The van der Waals surface area contributed by atoms with Crippen molar-refractivity contribution in [1.82, 2.24) is 0 Å². The molecule has 2 aliphatic heterocycles. The Balaban J connectivity index is 1.80. The maximum atomic E-state index is 13.0. The molecular weight excluding hydrogens is 913 g/mol. The van der Waals surface area contributed by atoms with Crippen molar-refractivity contribution >= 4 is 11.9 Å². The number of ether oxygens (including phenoxy) is 6. The number of aliphatic hydroxyl groups is 7. The molecule has 2 saturated heterocycles. The van der Waals surface area contributed by atoms with Crippen LogP contribution in [0.4, 0.5) is 0 Å². The quantitative estimate of drug-likeness (QED) is 0.0173. The van der Waals surface area contributed by atoms with E-state index in [9.17, 15) is 45.3 Å². The second-order valence-corrected chi connectivity index (χ2v) is 19.0. The number of allylic oxidation sites excluding steroid dienone is 10. The number of esters is 2. The van der Waals surface area contributed by atoms with Crippen molar-refractivity contribution in [3.05, 3.63) is 60.8 Å². The van der Waals surface area contributed by atoms with Gasteiger partial charge in [-0.15, -0.1) is 0 Å². The Kier molecular flexibility index (Phi) is 38.5. The predicted octanol–water partition coefficient (Wildman–Crippen LogP) is 8.44. The van der Waals surface area contributed by atoms with Crippen molar-refractivity contribution in [2.45, 2.75) is 255 Å². The van der Waals surface area contributed by atoms with Crippen LogP contribution in [-0.4, -0.2) is 142 Å². The summed E-state index contributed by atoms with van der Waals surface area (Å²) >= 11 is 0. The van der Waals surface area contributed by atoms with Crippen LogP contribution in [0.3, 0.4) is 0 Å². The topological polar surface area (TPSA) is 231 Å². The molecule has 0 bridgehead atoms. The lowest BCUT2D eigenvalue weighted by molar-refractivity contribution is -0.332. The molecule has 0 radical (unpaired) electrons. The second kappa shape index (κ2) is 42.5. The van der Waals surface area contributed by atoms with Crippen LogP contribution < -0.4 is 0 Å². The van der Waals surface area contributed by atoms with Crippen molar-refractivity contribution in [1.29, 1.82) is 0 Å². The maximum absolute atomic E-state index is 13.0. The van der Waals surface area contributed by atoms with Crippen LogP contribution >= 0.6 is 0 Å². The number of rotatable bonds is 42. The molecule has 0 saturated carbocycles. The van der Waals surface area contributed by atoms with Gasteiger partial charge in [-0.3, -0.25) is 9.59 Å². The van der Waals surface area contributed by atoms with Crippen LogP contribution in [0.25, 0.3) is 0 Å². The molecule has 410 valence electrons. The number of carbonyl (C=O) groups excluding carboxylic acids is 2. The Bertz CT molecular complexity index is 1470. The van der Waals surface area contributed by atoms with E-state index in [4.69, 9.17) is 28.4 Å². The van der Waals surface area contributed by atoms with Gasteiger partial charge in [-0.05, 0) is 57.8 Å². The molecule has 2 rings (SSSR count). The van der Waals surface area contributed by atoms with Crippen LogP contribution in [0.2, 0.25) is 0 Å². The first-order valence-electron chi connectivity index (χ1n) is 27.4. The van der Waals surface area contributed by atoms with E-state index in [0.29, 0.717) is 12.8 Å². The molecule has 2 aliphatic rings. The van der Waals surface area contributed by atoms with Crippen LogP contribution in [0.1, 0.15) is 187 Å². The molecule has 0 aromatic carbocycles. The summed E-state index contributed by atoms with van der Waals surface area (Å²) in [5.74, 6) is -0.960. The minimum absolute atomic E-state index is 0.125. The zero-order valence-corrected chi connectivity index (χ0v) is 43.4. The molecule has 4 unspecified atom stereocenters. The summed E-state index contributed by atoms with van der Waals surface area (Å²) in [6, 6.07) is 0. The van der Waals surface area contributed by atoms with Gasteiger partial charge in [-0.25, -0.2) is 0 Å². The number of unbranched alkanes of at least 4 members (excludes halogenated alkanes) is 18. The van der Waals surface area contributed by atoms with Gasteiger partial charge < -0.3 is 64.2 Å². The van der Waals surface area contributed by atoms with Crippen molar-refractivity contribution in [3.63, 3.8) is 0 Å². The van der Waals surface area contributed by atoms with E-state index >= 15 is 0 Å². The minimum Gasteiger partial charge on any atom is -0.462 e. The predicted molar refractivity (Wildman–Crippen MR) is 275 cm³/mol. The first-order chi connectivity index (χ1) is 34.5. The molecule has 11 atom stereocenters. The zero-order chi connectivity index (χ0) is 51.7. The summed E-state index contributed by atoms with van der Waals surface area (Å²) in [6.07, 6.45) is 32.4. The number of hydrogen-bond donors (Lipinski definition) is 7. The van der Waals surface area contributed by atoms with Gasteiger partial charge >= 0.3 is 11.9 Å². The number of aliphatic hydroxyl groups excluding tert-OH is 7. The van der Waals surface area contributed by atoms with Gasteiger partial charge in [0.2, 0.25) is 0 Å². The summed E-state index contributed by atoms with van der Waals surface area (Å²) in [7, 11) is 0. The van der Waals surface area contributed by atoms with Crippen LogP contribution in [0.15, 0.2) is 60.8 Å². The van der Waals surface area contributed by atoms with E-state index in [1.165, 1.54) is 77.0 Å². The number of hydrogen-bond acceptors (Lipinski definition) is 15. The second-order valence-electron chi connectivity index (χ2n) is 19.0. The molecule has 0 aromatic heterocycles. The highest BCUT2D eigenvalue weighted by atomic mass is 16.7. The smallest absolute Gasteiger partial charge is 0.306 e. The summed E-state index contributed by atoms with van der Waals surface area (Å²) in [5.41, 5.74) is 0. The van der Waals surface area contributed by atoms with Crippen molar-refractivity contribution < 1.29 is 73.8 Å². The molecule has 71 heavy (non-hydrogen) atoms. The van der Waals surface area contributed by atoms with E-state index in [-0.39, 0.29) is 19.4 Å². The average molecular weight is 1010 g/mol. The first kappa shape index (κ1) is 64.3. The average Bonchev–Trinajstić information content (AvgIpc) is 3.36. The third-order valence-corrected chi connectivity index (χ3v) is 12.8. The van der Waals surface area contributed by atoms with E-state index in [1.54, 1.807) is 0 Å². The van der Waals surface area contributed by atoms with Crippen LogP contribution in [0, 0.1) is 0 Å². The monoisotopic (exact) mass is 1010 g/mol. The maximum Gasteiger partial charge on any atom is 0.306 e. The highest BCUT2D eigenvalue weighted by Gasteiger charge is 2.47. The molecule has 0 amide bonds. The third-order valence-electron chi connectivity index (χ3n) is 12.8. The lowest BCUT2D eigenvalue weighted by Crippen LogP contribution is -2.61. The summed E-state index contributed by atoms with van der Waals surface area (Å²) in [5, 5.41) is 72.2. The van der Waals surface area contributed by atoms with E-state index < -0.39 is 99.3 Å². The van der Waals surface area contributed by atoms with Gasteiger partial charge in [0, 0.05) is 12.8 Å². The van der Waals surface area contributed by atoms with Gasteiger partial charge in [0.05, 0.1) is 19.8 Å². The summed E-state index contributed by atoms with van der Waals surface area (Å²) in [6.45, 7) is 2.45. The minimum atomic E-state index is -1.77. The first-order valence-corrected chi connectivity index (χ1v) is 27.4. The molecule has 15 heteroatoms. The van der Waals surface area contributed by atoms with Crippen molar-refractivity contribution in [2.75, 3.05) is 26.4 Å². The van der Waals surface area contributed by atoms with E-state index in [0.717, 1.165) is 70.6 Å². The fourth-order valence-electron chi connectivity index (χ4n) is 8.30. The molecule has 0 aliphatic carbocycles. The van der Waals surface area contributed by atoms with Crippen molar-refractivity contribution in [3.8, 4) is 0 Å². The van der Waals surface area contributed by atoms with Gasteiger partial charge in [-0.2, -0.15) is 0 Å². The Morgan fingerprint density at radius 2 is 0.887 bits per heavy atom. The summed E-state index contributed by atoms with van der Waals surface area (Å²) in [4.78, 5) is 25.8. The van der Waals surface area contributed by atoms with Crippen LogP contribution in [0.5, 0.6) is 0 Å². The molecule has 2 fully saturated rings. The molecule has 0 aromatic rings. The Morgan fingerprint density at radius 3 is 1.39 bits per heavy atom. The fraction of sp³-hybridized carbons (Fsp3) is 0.786. The largest absolute Gasteiger partial charge is 0.462 e. The molecule has 2 heterocycles. The SMILES string of the molecule is CC/C=C/C/C=C/C/C=C/C/C=C/C/C=C/CCCCCC(=O)O[C@H](COC(=O)CCCCCCCCCCCCCCCCCC)CO[C@H]1O[C@@H](CO[C@H]2O[C@@H](CO)[C@@H](O)C(O)C2O)[C@@H](O)C(O)C1O. The Morgan fingerprint density at radius 1 is 0.465 bits per heavy atom. The van der Waals surface area contributed by atoms with E-state index in [2.05, 4.69) is 74.6 Å². The molecule has 7 N–H and O–H groups in total. The Labute approximate surface area is 426 Å². The molecule has 0 spiro atoms. The van der Waals surface area contributed by atoms with Crippen LogP contribution in [-0.2, 0) is 38.0 Å². The normalized spacial score (nSPS) is 25.6. The summed E-state index contributed by atoms with van der Waals surface area (Å²) < 4.78 is 33.6. The van der Waals surface area contributed by atoms with Gasteiger partial charge in [-0.1, -0.05) is 177 Å². The van der Waals surface area contributed by atoms with Gasteiger partial charge in [0.1, 0.15) is 55.4 Å². The highest BCUT2D eigenvalue weighted by molar-refractivity contribution is 5.70. The lowest BCUT2D eigenvalue weighted by Gasteiger charge is -2.42. The number of carbonyl (C=O) groups is 2.